The quantitative estimate of drug-likeness (QED) is 0.892. The normalized spacial score (nSPS) is 11.2. The lowest BCUT2D eigenvalue weighted by Crippen LogP contribution is -2.18. The van der Waals surface area contributed by atoms with Crippen molar-refractivity contribution in [1.82, 2.24) is 24.9 Å². The summed E-state index contributed by atoms with van der Waals surface area (Å²) in [6.07, 6.45) is 1.86. The maximum absolute atomic E-state index is 4.53. The predicted molar refractivity (Wildman–Crippen MR) is 87.7 cm³/mol. The lowest BCUT2D eigenvalue weighted by Gasteiger charge is -2.11. The molecule has 2 heterocycles. The summed E-state index contributed by atoms with van der Waals surface area (Å²) in [5.74, 6) is 0.470. The number of hydrogen-bond donors (Lipinski definition) is 1. The molecule has 118 valence electrons. The molecule has 2 aromatic heterocycles. The van der Waals surface area contributed by atoms with E-state index in [0.29, 0.717) is 12.0 Å². The van der Waals surface area contributed by atoms with Gasteiger partial charge in [-0.05, 0) is 31.9 Å². The van der Waals surface area contributed by atoms with E-state index in [-0.39, 0.29) is 12.4 Å². The predicted octanol–water partition coefficient (Wildman–Crippen LogP) is 3.03. The summed E-state index contributed by atoms with van der Waals surface area (Å²) in [5, 5.41) is 12.3. The zero-order valence-electron chi connectivity index (χ0n) is 13.5. The molecular weight excluding hydrogens is 286 g/mol. The highest BCUT2D eigenvalue weighted by atomic mass is 35.5. The average Bonchev–Trinajstić information content (AvgIpc) is 2.97. The first kappa shape index (κ1) is 17.7. The Morgan fingerprint density at radius 1 is 1.14 bits per heavy atom. The SMILES string of the molecule is CC(C)c1cc(CNCc2ccnn2C(C)C)n(C)n1.Cl. The summed E-state index contributed by atoms with van der Waals surface area (Å²) in [6.45, 7) is 10.3. The molecular formula is C15H26ClN5. The molecule has 0 radical (unpaired) electrons. The van der Waals surface area contributed by atoms with Crippen LogP contribution in [0.5, 0.6) is 0 Å². The van der Waals surface area contributed by atoms with Gasteiger partial charge >= 0.3 is 0 Å². The third-order valence-corrected chi connectivity index (χ3v) is 3.44. The summed E-state index contributed by atoms with van der Waals surface area (Å²) in [6, 6.07) is 4.64. The monoisotopic (exact) mass is 311 g/mol. The lowest BCUT2D eigenvalue weighted by molar-refractivity contribution is 0.492. The van der Waals surface area contributed by atoms with Gasteiger partial charge in [0.2, 0.25) is 0 Å². The Bertz CT molecular complexity index is 556. The van der Waals surface area contributed by atoms with Gasteiger partial charge in [0, 0.05) is 32.4 Å². The third-order valence-electron chi connectivity index (χ3n) is 3.44. The number of halogens is 1. The first-order valence-corrected chi connectivity index (χ1v) is 7.25. The molecule has 0 unspecified atom stereocenters. The van der Waals surface area contributed by atoms with Gasteiger partial charge in [-0.2, -0.15) is 10.2 Å². The van der Waals surface area contributed by atoms with Crippen molar-refractivity contribution in [3.8, 4) is 0 Å². The number of aromatic nitrogens is 4. The maximum atomic E-state index is 4.53. The molecule has 0 aliphatic heterocycles. The summed E-state index contributed by atoms with van der Waals surface area (Å²) < 4.78 is 4.01. The van der Waals surface area contributed by atoms with E-state index >= 15 is 0 Å². The van der Waals surface area contributed by atoms with Crippen LogP contribution in [-0.4, -0.2) is 19.6 Å². The van der Waals surface area contributed by atoms with Crippen LogP contribution in [0.15, 0.2) is 18.3 Å². The standard InChI is InChI=1S/C15H25N5.ClH/c1-11(2)15-8-14(19(5)18-15)10-16-9-13-6-7-17-20(13)12(3)4;/h6-8,11-12,16H,9-10H2,1-5H3;1H. The smallest absolute Gasteiger partial charge is 0.0653 e. The summed E-state index contributed by atoms with van der Waals surface area (Å²) in [7, 11) is 2.00. The zero-order valence-corrected chi connectivity index (χ0v) is 14.3. The zero-order chi connectivity index (χ0) is 14.7. The van der Waals surface area contributed by atoms with Crippen LogP contribution in [0.3, 0.4) is 0 Å². The van der Waals surface area contributed by atoms with Gasteiger partial charge in [-0.25, -0.2) is 0 Å². The summed E-state index contributed by atoms with van der Waals surface area (Å²) >= 11 is 0. The van der Waals surface area contributed by atoms with Gasteiger partial charge in [0.15, 0.2) is 0 Å². The average molecular weight is 312 g/mol. The second kappa shape index (κ2) is 7.61. The second-order valence-electron chi connectivity index (χ2n) is 5.80. The van der Waals surface area contributed by atoms with Crippen LogP contribution in [0.25, 0.3) is 0 Å². The van der Waals surface area contributed by atoms with Crippen LogP contribution in [-0.2, 0) is 20.1 Å². The van der Waals surface area contributed by atoms with Crippen molar-refractivity contribution in [2.45, 2.75) is 52.7 Å². The van der Waals surface area contributed by atoms with Crippen LogP contribution in [0.1, 0.15) is 56.7 Å². The lowest BCUT2D eigenvalue weighted by atomic mass is 10.1. The Labute approximate surface area is 133 Å². The molecule has 0 spiro atoms. The molecule has 21 heavy (non-hydrogen) atoms. The van der Waals surface area contributed by atoms with Gasteiger partial charge in [-0.3, -0.25) is 9.36 Å². The molecule has 0 bridgehead atoms. The van der Waals surface area contributed by atoms with Gasteiger partial charge < -0.3 is 5.32 Å². The molecule has 1 N–H and O–H groups in total. The van der Waals surface area contributed by atoms with E-state index in [1.54, 1.807) is 0 Å². The Hall–Kier alpha value is -1.33. The molecule has 2 rings (SSSR count). The first-order chi connectivity index (χ1) is 9.49. The third kappa shape index (κ3) is 4.32. The van der Waals surface area contributed by atoms with Gasteiger partial charge in [-0.15, -0.1) is 12.4 Å². The van der Waals surface area contributed by atoms with E-state index in [2.05, 4.69) is 60.0 Å². The van der Waals surface area contributed by atoms with Crippen molar-refractivity contribution in [3.63, 3.8) is 0 Å². The molecule has 0 saturated heterocycles. The topological polar surface area (TPSA) is 47.7 Å². The summed E-state index contributed by atoms with van der Waals surface area (Å²) in [4.78, 5) is 0. The van der Waals surface area contributed by atoms with Crippen molar-refractivity contribution < 1.29 is 0 Å². The van der Waals surface area contributed by atoms with E-state index in [4.69, 9.17) is 0 Å². The van der Waals surface area contributed by atoms with Gasteiger partial charge in [0.1, 0.15) is 0 Å². The molecule has 0 atom stereocenters. The summed E-state index contributed by atoms with van der Waals surface area (Å²) in [5.41, 5.74) is 3.58. The van der Waals surface area contributed by atoms with Gasteiger partial charge in [-0.1, -0.05) is 13.8 Å². The van der Waals surface area contributed by atoms with E-state index < -0.39 is 0 Å². The van der Waals surface area contributed by atoms with Crippen molar-refractivity contribution >= 4 is 12.4 Å². The van der Waals surface area contributed by atoms with Gasteiger partial charge in [0.05, 0.1) is 17.1 Å². The highest BCUT2D eigenvalue weighted by Gasteiger charge is 2.09. The maximum Gasteiger partial charge on any atom is 0.0653 e. The highest BCUT2D eigenvalue weighted by molar-refractivity contribution is 5.85. The van der Waals surface area contributed by atoms with E-state index in [1.165, 1.54) is 11.4 Å². The second-order valence-corrected chi connectivity index (χ2v) is 5.80. The fourth-order valence-corrected chi connectivity index (χ4v) is 2.24. The molecule has 0 aliphatic rings. The van der Waals surface area contributed by atoms with Crippen molar-refractivity contribution in [1.29, 1.82) is 0 Å². The Morgan fingerprint density at radius 2 is 1.81 bits per heavy atom. The van der Waals surface area contributed by atoms with E-state index in [0.717, 1.165) is 18.8 Å². The van der Waals surface area contributed by atoms with E-state index in [9.17, 15) is 0 Å². The largest absolute Gasteiger partial charge is 0.306 e. The molecule has 0 aromatic carbocycles. The minimum Gasteiger partial charge on any atom is -0.306 e. The fourth-order valence-electron chi connectivity index (χ4n) is 2.24. The Morgan fingerprint density at radius 3 is 2.38 bits per heavy atom. The molecule has 0 fully saturated rings. The highest BCUT2D eigenvalue weighted by Crippen LogP contribution is 2.14. The fraction of sp³-hybridized carbons (Fsp3) is 0.600. The molecule has 0 amide bonds. The van der Waals surface area contributed by atoms with Crippen LogP contribution in [0.4, 0.5) is 0 Å². The number of nitrogens with zero attached hydrogens (tertiary/aromatic N) is 4. The number of hydrogen-bond acceptors (Lipinski definition) is 3. The van der Waals surface area contributed by atoms with Crippen LogP contribution < -0.4 is 5.32 Å². The Kier molecular flexibility index (Phi) is 6.42. The molecule has 6 heteroatoms. The molecule has 2 aromatic rings. The van der Waals surface area contributed by atoms with Crippen LogP contribution >= 0.6 is 12.4 Å². The van der Waals surface area contributed by atoms with Crippen molar-refractivity contribution in [2.24, 2.45) is 7.05 Å². The minimum absolute atomic E-state index is 0. The van der Waals surface area contributed by atoms with Gasteiger partial charge in [0.25, 0.3) is 0 Å². The minimum atomic E-state index is 0. The Balaban J connectivity index is 0.00000220. The van der Waals surface area contributed by atoms with Crippen molar-refractivity contribution in [2.75, 3.05) is 0 Å². The van der Waals surface area contributed by atoms with E-state index in [1.807, 2.05) is 17.9 Å². The molecule has 5 nitrogen and oxygen atoms in total. The first-order valence-electron chi connectivity index (χ1n) is 7.25. The molecule has 0 saturated carbocycles. The van der Waals surface area contributed by atoms with Crippen LogP contribution in [0, 0.1) is 0 Å². The number of rotatable bonds is 6. The number of nitrogens with one attached hydrogen (secondary N) is 1. The van der Waals surface area contributed by atoms with Crippen molar-refractivity contribution in [3.05, 3.63) is 35.4 Å². The van der Waals surface area contributed by atoms with Crippen LogP contribution in [0.2, 0.25) is 0 Å². The number of aryl methyl sites for hydroxylation is 1. The molecule has 0 aliphatic carbocycles.